The van der Waals surface area contributed by atoms with Gasteiger partial charge in [-0.1, -0.05) is 0 Å². The summed E-state index contributed by atoms with van der Waals surface area (Å²) in [6, 6.07) is 4.79. The van der Waals surface area contributed by atoms with Crippen molar-refractivity contribution in [2.75, 3.05) is 32.9 Å². The van der Waals surface area contributed by atoms with Crippen molar-refractivity contribution in [2.24, 2.45) is 0 Å². The van der Waals surface area contributed by atoms with E-state index in [-0.39, 0.29) is 17.5 Å². The highest BCUT2D eigenvalue weighted by Gasteiger charge is 2.32. The fraction of sp³-hybridized carbons (Fsp3) is 0.500. The standard InChI is InChI=1S/C18H23N3O5S/c1-2-20-12-14(11-19-20)18-13-21(6-9-26-18)27(22,23)15-4-5-16-17(10-15)25-8-3-7-24-16/h4-5,10-12,18H,2-3,6-9,13H2,1H3/t18-/m1/s1. The number of aryl methyl sites for hydroxylation is 1. The Hall–Kier alpha value is -2.10. The fourth-order valence-corrected chi connectivity index (χ4v) is 4.66. The quantitative estimate of drug-likeness (QED) is 0.788. The van der Waals surface area contributed by atoms with Crippen molar-refractivity contribution in [3.63, 3.8) is 0 Å². The number of morpholine rings is 1. The topological polar surface area (TPSA) is 82.9 Å². The molecule has 2 aliphatic rings. The maximum Gasteiger partial charge on any atom is 0.243 e. The second kappa shape index (κ2) is 7.49. The predicted molar refractivity (Wildman–Crippen MR) is 97.4 cm³/mol. The Balaban J connectivity index is 1.57. The number of ether oxygens (including phenoxy) is 3. The van der Waals surface area contributed by atoms with E-state index >= 15 is 0 Å². The zero-order valence-corrected chi connectivity index (χ0v) is 16.0. The van der Waals surface area contributed by atoms with Crippen LogP contribution in [0.3, 0.4) is 0 Å². The van der Waals surface area contributed by atoms with E-state index < -0.39 is 10.0 Å². The van der Waals surface area contributed by atoms with Gasteiger partial charge in [-0.05, 0) is 19.1 Å². The Morgan fingerprint density at radius 3 is 2.78 bits per heavy atom. The second-order valence-electron chi connectivity index (χ2n) is 6.51. The summed E-state index contributed by atoms with van der Waals surface area (Å²) >= 11 is 0. The number of hydrogen-bond donors (Lipinski definition) is 0. The van der Waals surface area contributed by atoms with Crippen molar-refractivity contribution in [3.05, 3.63) is 36.2 Å². The van der Waals surface area contributed by atoms with E-state index in [1.54, 1.807) is 29.1 Å². The van der Waals surface area contributed by atoms with Crippen LogP contribution in [0, 0.1) is 0 Å². The van der Waals surface area contributed by atoms with Crippen molar-refractivity contribution in [1.29, 1.82) is 0 Å². The molecule has 0 saturated carbocycles. The highest BCUT2D eigenvalue weighted by atomic mass is 32.2. The molecule has 8 nitrogen and oxygen atoms in total. The monoisotopic (exact) mass is 393 g/mol. The van der Waals surface area contributed by atoms with Crippen molar-refractivity contribution < 1.29 is 22.6 Å². The number of sulfonamides is 1. The van der Waals surface area contributed by atoms with Crippen LogP contribution in [-0.2, 0) is 21.3 Å². The molecule has 2 aromatic rings. The minimum atomic E-state index is -3.66. The van der Waals surface area contributed by atoms with Crippen molar-refractivity contribution in [2.45, 2.75) is 30.9 Å². The molecular formula is C18H23N3O5S. The van der Waals surface area contributed by atoms with Crippen molar-refractivity contribution in [3.8, 4) is 11.5 Å². The van der Waals surface area contributed by atoms with E-state index in [9.17, 15) is 8.42 Å². The molecule has 1 fully saturated rings. The van der Waals surface area contributed by atoms with Crippen LogP contribution < -0.4 is 9.47 Å². The first-order valence-corrected chi connectivity index (χ1v) is 10.6. The highest BCUT2D eigenvalue weighted by molar-refractivity contribution is 7.89. The molecule has 0 amide bonds. The summed E-state index contributed by atoms with van der Waals surface area (Å²) in [5.41, 5.74) is 0.885. The van der Waals surface area contributed by atoms with Crippen LogP contribution in [0.15, 0.2) is 35.5 Å². The lowest BCUT2D eigenvalue weighted by Crippen LogP contribution is -2.42. The van der Waals surface area contributed by atoms with Gasteiger partial charge in [0, 0.05) is 43.9 Å². The van der Waals surface area contributed by atoms with Crippen LogP contribution in [0.25, 0.3) is 0 Å². The van der Waals surface area contributed by atoms with Gasteiger partial charge in [-0.3, -0.25) is 4.68 Å². The van der Waals surface area contributed by atoms with Gasteiger partial charge in [-0.2, -0.15) is 9.40 Å². The number of nitrogens with zero attached hydrogens (tertiary/aromatic N) is 3. The molecule has 9 heteroatoms. The summed E-state index contributed by atoms with van der Waals surface area (Å²) < 4.78 is 46.6. The van der Waals surface area contributed by atoms with E-state index in [0.29, 0.717) is 37.9 Å². The van der Waals surface area contributed by atoms with Gasteiger partial charge in [0.1, 0.15) is 0 Å². The Morgan fingerprint density at radius 1 is 1.19 bits per heavy atom. The number of benzene rings is 1. The summed E-state index contributed by atoms with van der Waals surface area (Å²) in [6.07, 6.45) is 4.08. The van der Waals surface area contributed by atoms with Crippen LogP contribution in [0.4, 0.5) is 0 Å². The average Bonchev–Trinajstić information content (AvgIpc) is 3.06. The van der Waals surface area contributed by atoms with E-state index in [1.807, 2.05) is 13.1 Å². The first-order chi connectivity index (χ1) is 13.1. The maximum absolute atomic E-state index is 13.2. The van der Waals surface area contributed by atoms with E-state index in [1.165, 1.54) is 4.31 Å². The fourth-order valence-electron chi connectivity index (χ4n) is 3.22. The minimum absolute atomic E-state index is 0.205. The van der Waals surface area contributed by atoms with Gasteiger partial charge in [0.05, 0.1) is 37.0 Å². The Labute approximate surface area is 158 Å². The van der Waals surface area contributed by atoms with Gasteiger partial charge in [-0.15, -0.1) is 0 Å². The molecule has 3 heterocycles. The van der Waals surface area contributed by atoms with E-state index in [0.717, 1.165) is 18.5 Å². The van der Waals surface area contributed by atoms with Gasteiger partial charge >= 0.3 is 0 Å². The van der Waals surface area contributed by atoms with E-state index in [4.69, 9.17) is 14.2 Å². The summed E-state index contributed by atoms with van der Waals surface area (Å²) in [5.74, 6) is 1.06. The lowest BCUT2D eigenvalue weighted by molar-refractivity contribution is -0.00260. The predicted octanol–water partition coefficient (Wildman–Crippen LogP) is 1.83. The normalized spacial score (nSPS) is 21.0. The Kier molecular flexibility index (Phi) is 5.07. The first kappa shape index (κ1) is 18.3. The molecule has 1 atom stereocenters. The van der Waals surface area contributed by atoms with Gasteiger partial charge in [-0.25, -0.2) is 8.42 Å². The van der Waals surface area contributed by atoms with Crippen LogP contribution >= 0.6 is 0 Å². The lowest BCUT2D eigenvalue weighted by Gasteiger charge is -2.31. The number of fused-ring (bicyclic) bond motifs is 1. The Morgan fingerprint density at radius 2 is 2.00 bits per heavy atom. The largest absolute Gasteiger partial charge is 0.490 e. The number of hydrogen-bond acceptors (Lipinski definition) is 6. The van der Waals surface area contributed by atoms with Gasteiger partial charge in [0.25, 0.3) is 0 Å². The molecule has 146 valence electrons. The molecule has 1 aromatic heterocycles. The molecular weight excluding hydrogens is 370 g/mol. The van der Waals surface area contributed by atoms with Crippen molar-refractivity contribution in [1.82, 2.24) is 14.1 Å². The smallest absolute Gasteiger partial charge is 0.243 e. The summed E-state index contributed by atoms with van der Waals surface area (Å²) in [6.45, 7) is 4.74. The van der Waals surface area contributed by atoms with Gasteiger partial charge in [0.2, 0.25) is 10.0 Å². The number of rotatable bonds is 4. The molecule has 0 N–H and O–H groups in total. The molecule has 2 aliphatic heterocycles. The van der Waals surface area contributed by atoms with Crippen LogP contribution in [-0.4, -0.2) is 55.4 Å². The second-order valence-corrected chi connectivity index (χ2v) is 8.45. The van der Waals surface area contributed by atoms with Gasteiger partial charge < -0.3 is 14.2 Å². The van der Waals surface area contributed by atoms with Crippen LogP contribution in [0.5, 0.6) is 11.5 Å². The molecule has 0 unspecified atom stereocenters. The zero-order chi connectivity index (χ0) is 18.9. The third kappa shape index (κ3) is 3.67. The molecule has 27 heavy (non-hydrogen) atoms. The molecule has 0 bridgehead atoms. The molecule has 1 saturated heterocycles. The van der Waals surface area contributed by atoms with Crippen molar-refractivity contribution >= 4 is 10.0 Å². The van der Waals surface area contributed by atoms with Crippen LogP contribution in [0.1, 0.15) is 25.0 Å². The third-order valence-electron chi connectivity index (χ3n) is 4.73. The number of aromatic nitrogens is 2. The molecule has 0 spiro atoms. The average molecular weight is 393 g/mol. The van der Waals surface area contributed by atoms with Crippen LogP contribution in [0.2, 0.25) is 0 Å². The third-order valence-corrected chi connectivity index (χ3v) is 6.60. The summed E-state index contributed by atoms with van der Waals surface area (Å²) in [5, 5.41) is 4.25. The first-order valence-electron chi connectivity index (χ1n) is 9.11. The summed E-state index contributed by atoms with van der Waals surface area (Å²) in [7, 11) is -3.66. The maximum atomic E-state index is 13.2. The minimum Gasteiger partial charge on any atom is -0.490 e. The molecule has 1 aromatic carbocycles. The summed E-state index contributed by atoms with van der Waals surface area (Å²) in [4.78, 5) is 0.205. The van der Waals surface area contributed by atoms with E-state index in [2.05, 4.69) is 5.10 Å². The van der Waals surface area contributed by atoms with Gasteiger partial charge in [0.15, 0.2) is 11.5 Å². The molecule has 0 aliphatic carbocycles. The zero-order valence-electron chi connectivity index (χ0n) is 15.2. The lowest BCUT2D eigenvalue weighted by atomic mass is 10.2. The molecule has 4 rings (SSSR count). The Bertz CT molecular complexity index is 911. The molecule has 0 radical (unpaired) electrons. The highest BCUT2D eigenvalue weighted by Crippen LogP contribution is 2.34. The SMILES string of the molecule is CCn1cc([C@H]2CN(S(=O)(=O)c3ccc4c(c3)OCCCO4)CCO2)cn1.